The van der Waals surface area contributed by atoms with E-state index in [1.807, 2.05) is 6.92 Å². The number of hydrogen-bond acceptors (Lipinski definition) is 6. The zero-order chi connectivity index (χ0) is 25.9. The Bertz CT molecular complexity index is 1270. The van der Waals surface area contributed by atoms with Gasteiger partial charge in [0.05, 0.1) is 5.39 Å². The average molecular weight is 525 g/mol. The molecule has 2 aromatic heterocycles. The minimum Gasteiger partial charge on any atom is -0.477 e. The van der Waals surface area contributed by atoms with Crippen LogP contribution < -0.4 is 15.6 Å². The van der Waals surface area contributed by atoms with Crippen LogP contribution in [0.1, 0.15) is 62.7 Å². The highest BCUT2D eigenvalue weighted by atomic mass is 32.1. The molecule has 2 aromatic rings. The van der Waals surface area contributed by atoms with E-state index >= 15 is 0 Å². The lowest BCUT2D eigenvalue weighted by atomic mass is 9.48. The summed E-state index contributed by atoms with van der Waals surface area (Å²) < 4.78 is 1.70. The molecule has 7 rings (SSSR count). The molecule has 0 amide bonds. The van der Waals surface area contributed by atoms with Crippen LogP contribution in [0.2, 0.25) is 0 Å². The van der Waals surface area contributed by atoms with Gasteiger partial charge in [0.25, 0.3) is 0 Å². The number of aryl methyl sites for hydroxylation is 1. The number of nitrogens with zero attached hydrogens (tertiary/aromatic N) is 5. The van der Waals surface area contributed by atoms with Crippen LogP contribution in [0.25, 0.3) is 11.0 Å². The lowest BCUT2D eigenvalue weighted by molar-refractivity contribution is -0.0675. The summed E-state index contributed by atoms with van der Waals surface area (Å²) in [4.78, 5) is 37.6. The number of pyridine rings is 1. The molecule has 3 heterocycles. The van der Waals surface area contributed by atoms with Gasteiger partial charge in [-0.05, 0) is 87.8 Å². The Balaban J connectivity index is 1.12. The summed E-state index contributed by atoms with van der Waals surface area (Å²) in [6.45, 7) is 7.75. The van der Waals surface area contributed by atoms with E-state index in [1.54, 1.807) is 4.57 Å². The largest absolute Gasteiger partial charge is 0.477 e. The number of aromatic nitrogens is 3. The Hall–Kier alpha value is -2.75. The summed E-state index contributed by atoms with van der Waals surface area (Å²) in [5.41, 5.74) is 0.0672. The topological polar surface area (TPSA) is 104 Å². The maximum absolute atomic E-state index is 12.6. The van der Waals surface area contributed by atoms with Gasteiger partial charge in [0.1, 0.15) is 11.2 Å². The summed E-state index contributed by atoms with van der Waals surface area (Å²) in [5, 5.41) is 14.2. The van der Waals surface area contributed by atoms with E-state index in [2.05, 4.69) is 32.0 Å². The third-order valence-electron chi connectivity index (χ3n) is 9.57. The predicted octanol–water partition coefficient (Wildman–Crippen LogP) is 3.11. The van der Waals surface area contributed by atoms with Crippen molar-refractivity contribution in [2.45, 2.75) is 65.0 Å². The fraction of sp³-hybridized carbons (Fsp3) is 0.667. The van der Waals surface area contributed by atoms with Crippen LogP contribution in [0.3, 0.4) is 0 Å². The molecular weight excluding hydrogens is 488 g/mol. The van der Waals surface area contributed by atoms with Crippen LogP contribution in [-0.4, -0.2) is 67.8 Å². The van der Waals surface area contributed by atoms with Gasteiger partial charge in [-0.2, -0.15) is 4.98 Å². The average Bonchev–Trinajstić information content (AvgIpc) is 2.88. The van der Waals surface area contributed by atoms with E-state index in [1.165, 1.54) is 50.9 Å². The molecule has 9 nitrogen and oxygen atoms in total. The monoisotopic (exact) mass is 524 g/mol. The number of aromatic carboxylic acids is 1. The molecule has 5 aliphatic rings. The molecule has 10 heteroatoms. The molecule has 4 saturated carbocycles. The molecule has 2 N–H and O–H groups in total. The van der Waals surface area contributed by atoms with Gasteiger partial charge in [0.2, 0.25) is 11.4 Å². The number of carboxylic acids is 1. The molecule has 4 aliphatic carbocycles. The molecule has 4 bridgehead atoms. The number of carbonyl (C=O) groups is 1. The Kier molecular flexibility index (Phi) is 6.12. The molecule has 1 aliphatic heterocycles. The first-order valence-electron chi connectivity index (χ1n) is 13.7. The van der Waals surface area contributed by atoms with Gasteiger partial charge in [-0.3, -0.25) is 4.79 Å². The quantitative estimate of drug-likeness (QED) is 0.571. The highest BCUT2D eigenvalue weighted by Gasteiger charge is 2.53. The number of rotatable bonds is 5. The van der Waals surface area contributed by atoms with Gasteiger partial charge in [-0.15, -0.1) is 0 Å². The molecule has 37 heavy (non-hydrogen) atoms. The zero-order valence-corrected chi connectivity index (χ0v) is 22.5. The molecular formula is C27H36N6O3S. The number of nitrogens with one attached hydrogen (secondary N) is 1. The highest BCUT2D eigenvalue weighted by Crippen LogP contribution is 2.61. The van der Waals surface area contributed by atoms with E-state index in [4.69, 9.17) is 12.2 Å². The van der Waals surface area contributed by atoms with E-state index in [-0.39, 0.29) is 10.9 Å². The molecule has 198 valence electrons. The number of fused-ring (bicyclic) bond motifs is 1. The van der Waals surface area contributed by atoms with Gasteiger partial charge in [-0.1, -0.05) is 0 Å². The number of hydrogen-bond donors (Lipinski definition) is 2. The van der Waals surface area contributed by atoms with Gasteiger partial charge in [-0.25, -0.2) is 9.78 Å². The van der Waals surface area contributed by atoms with Crippen LogP contribution in [0.5, 0.6) is 0 Å². The van der Waals surface area contributed by atoms with Crippen molar-refractivity contribution in [1.82, 2.24) is 24.8 Å². The summed E-state index contributed by atoms with van der Waals surface area (Å²) in [5.74, 6) is 2.09. The number of carboxylic acid groups (broad SMARTS) is 1. The summed E-state index contributed by atoms with van der Waals surface area (Å²) >= 11 is 5.88. The zero-order valence-electron chi connectivity index (χ0n) is 21.7. The van der Waals surface area contributed by atoms with Crippen molar-refractivity contribution in [3.8, 4) is 0 Å². The second kappa shape index (κ2) is 9.22. The summed E-state index contributed by atoms with van der Waals surface area (Å²) in [6, 6.07) is 0.400. The normalized spacial score (nSPS) is 29.5. The molecule has 0 unspecified atom stereocenters. The Morgan fingerprint density at radius 1 is 1.16 bits per heavy atom. The fourth-order valence-corrected chi connectivity index (χ4v) is 8.32. The van der Waals surface area contributed by atoms with Crippen LogP contribution in [-0.2, 0) is 6.54 Å². The van der Waals surface area contributed by atoms with Gasteiger partial charge in [0.15, 0.2) is 5.11 Å². The maximum atomic E-state index is 12.6. The molecule has 1 atom stereocenters. The first kappa shape index (κ1) is 24.6. The van der Waals surface area contributed by atoms with E-state index in [9.17, 15) is 14.7 Å². The van der Waals surface area contributed by atoms with Crippen LogP contribution in [0.4, 0.5) is 5.95 Å². The van der Waals surface area contributed by atoms with E-state index in [0.717, 1.165) is 49.0 Å². The van der Waals surface area contributed by atoms with Gasteiger partial charge in [0, 0.05) is 51.2 Å². The first-order chi connectivity index (χ1) is 17.8. The SMILES string of the molecule is CCn1cc(C(=O)O)c(=O)c2cnc(N3CCN(C(=S)N[C@H](C)C45CC6CC(CC(C6)C4)C5)CC3)nc21. The van der Waals surface area contributed by atoms with Crippen molar-refractivity contribution in [1.29, 1.82) is 0 Å². The standard InChI is InChI=1S/C27H36N6O3S/c1-3-31-15-21(24(35)36)22(34)20-14-28-25(30-23(20)31)32-4-6-33(7-5-32)26(37)29-16(2)27-11-17-8-18(12-27)10-19(9-17)13-27/h14-19H,3-13H2,1-2H3,(H,29,37)(H,35,36)/t16-,17?,18?,19?,27?/m1/s1. The van der Waals surface area contributed by atoms with Crippen molar-refractivity contribution in [2.24, 2.45) is 23.2 Å². The van der Waals surface area contributed by atoms with Gasteiger partial charge >= 0.3 is 5.97 Å². The second-order valence-corrected chi connectivity index (χ2v) is 12.2. The van der Waals surface area contributed by atoms with E-state index < -0.39 is 11.4 Å². The van der Waals surface area contributed by atoms with Crippen molar-refractivity contribution in [3.05, 3.63) is 28.2 Å². The molecule has 0 radical (unpaired) electrons. The van der Waals surface area contributed by atoms with Crippen molar-refractivity contribution >= 4 is 40.3 Å². The van der Waals surface area contributed by atoms with Crippen LogP contribution in [0, 0.1) is 23.2 Å². The van der Waals surface area contributed by atoms with Crippen molar-refractivity contribution in [3.63, 3.8) is 0 Å². The van der Waals surface area contributed by atoms with Crippen LogP contribution >= 0.6 is 12.2 Å². The lowest BCUT2D eigenvalue weighted by Crippen LogP contribution is -2.59. The summed E-state index contributed by atoms with van der Waals surface area (Å²) in [6.07, 6.45) is 11.3. The minimum atomic E-state index is -1.24. The minimum absolute atomic E-state index is 0.230. The third-order valence-corrected chi connectivity index (χ3v) is 9.94. The number of thiocarbonyl (C=S) groups is 1. The second-order valence-electron chi connectivity index (χ2n) is 11.8. The first-order valence-corrected chi connectivity index (χ1v) is 14.1. The maximum Gasteiger partial charge on any atom is 0.341 e. The van der Waals surface area contributed by atoms with E-state index in [0.29, 0.717) is 29.6 Å². The van der Waals surface area contributed by atoms with Crippen molar-refractivity contribution < 1.29 is 9.90 Å². The predicted molar refractivity (Wildman–Crippen MR) is 146 cm³/mol. The van der Waals surface area contributed by atoms with Gasteiger partial charge < -0.3 is 24.8 Å². The molecule has 0 aromatic carbocycles. The summed E-state index contributed by atoms with van der Waals surface area (Å²) in [7, 11) is 0. The van der Waals surface area contributed by atoms with Crippen LogP contribution in [0.15, 0.2) is 17.2 Å². The van der Waals surface area contributed by atoms with Crippen molar-refractivity contribution in [2.75, 3.05) is 31.1 Å². The smallest absolute Gasteiger partial charge is 0.341 e. The highest BCUT2D eigenvalue weighted by molar-refractivity contribution is 7.80. The Morgan fingerprint density at radius 3 is 2.35 bits per heavy atom. The Morgan fingerprint density at radius 2 is 1.78 bits per heavy atom. The number of piperazine rings is 1. The number of anilines is 1. The third kappa shape index (κ3) is 4.27. The lowest BCUT2D eigenvalue weighted by Gasteiger charge is -2.59. The molecule has 1 saturated heterocycles. The fourth-order valence-electron chi connectivity index (χ4n) is 7.96. The Labute approximate surface area is 222 Å². The molecule has 5 fully saturated rings. The molecule has 0 spiro atoms.